The van der Waals surface area contributed by atoms with Crippen LogP contribution in [0.4, 0.5) is 0 Å². The number of hydrogen-bond acceptors (Lipinski definition) is 3. The minimum absolute atomic E-state index is 0.519. The second-order valence-electron chi connectivity index (χ2n) is 4.64. The first-order valence-corrected chi connectivity index (χ1v) is 6.58. The van der Waals surface area contributed by atoms with E-state index in [0.717, 1.165) is 32.5 Å². The normalized spacial score (nSPS) is 13.3. The fraction of sp³-hybridized carbons (Fsp3) is 0.769. The first-order chi connectivity index (χ1) is 8.12. The van der Waals surface area contributed by atoms with Gasteiger partial charge in [-0.3, -0.25) is 9.58 Å². The van der Waals surface area contributed by atoms with Crippen LogP contribution in [0.2, 0.25) is 0 Å². The standard InChI is InChI=1S/C13H26N4/c1-5-12-9-13(17(6-2)15-12)10-16(4)11(3)7-8-14/h9,11H,5-8,10,14H2,1-4H3. The summed E-state index contributed by atoms with van der Waals surface area (Å²) >= 11 is 0. The molecule has 98 valence electrons. The van der Waals surface area contributed by atoms with Crippen molar-refractivity contribution >= 4 is 0 Å². The van der Waals surface area contributed by atoms with Gasteiger partial charge in [0, 0.05) is 19.1 Å². The number of nitrogens with two attached hydrogens (primary N) is 1. The Hall–Kier alpha value is -0.870. The van der Waals surface area contributed by atoms with Gasteiger partial charge in [0.15, 0.2) is 0 Å². The Kier molecular flexibility index (Phi) is 5.65. The van der Waals surface area contributed by atoms with E-state index >= 15 is 0 Å². The SMILES string of the molecule is CCc1cc(CN(C)C(C)CCN)n(CC)n1. The summed E-state index contributed by atoms with van der Waals surface area (Å²) in [5.74, 6) is 0. The molecule has 1 unspecified atom stereocenters. The number of aromatic nitrogens is 2. The van der Waals surface area contributed by atoms with Gasteiger partial charge in [0.05, 0.1) is 11.4 Å². The fourth-order valence-electron chi connectivity index (χ4n) is 1.96. The summed E-state index contributed by atoms with van der Waals surface area (Å²) in [6.07, 6.45) is 2.04. The minimum Gasteiger partial charge on any atom is -0.330 e. The summed E-state index contributed by atoms with van der Waals surface area (Å²) in [5.41, 5.74) is 8.08. The van der Waals surface area contributed by atoms with Crippen LogP contribution in [0.3, 0.4) is 0 Å². The summed E-state index contributed by atoms with van der Waals surface area (Å²) in [6, 6.07) is 2.74. The molecular weight excluding hydrogens is 212 g/mol. The van der Waals surface area contributed by atoms with E-state index in [-0.39, 0.29) is 0 Å². The van der Waals surface area contributed by atoms with Crippen LogP contribution in [0, 0.1) is 0 Å². The first-order valence-electron chi connectivity index (χ1n) is 6.58. The van der Waals surface area contributed by atoms with Gasteiger partial charge in [-0.25, -0.2) is 0 Å². The second-order valence-corrected chi connectivity index (χ2v) is 4.64. The molecule has 1 aromatic rings. The van der Waals surface area contributed by atoms with Crippen LogP contribution in [0.1, 0.15) is 38.6 Å². The molecule has 1 rings (SSSR count). The molecule has 0 aromatic carbocycles. The second kappa shape index (κ2) is 6.77. The molecule has 17 heavy (non-hydrogen) atoms. The largest absolute Gasteiger partial charge is 0.330 e. The molecule has 4 heteroatoms. The van der Waals surface area contributed by atoms with Crippen molar-refractivity contribution in [2.45, 2.75) is 52.7 Å². The highest BCUT2D eigenvalue weighted by Gasteiger charge is 2.12. The topological polar surface area (TPSA) is 47.1 Å². The van der Waals surface area contributed by atoms with E-state index in [0.29, 0.717) is 6.04 Å². The molecule has 0 bridgehead atoms. The lowest BCUT2D eigenvalue weighted by Crippen LogP contribution is -2.31. The van der Waals surface area contributed by atoms with Crippen LogP contribution < -0.4 is 5.73 Å². The Labute approximate surface area is 105 Å². The lowest BCUT2D eigenvalue weighted by molar-refractivity contribution is 0.233. The molecule has 1 aromatic heterocycles. The number of aryl methyl sites for hydroxylation is 2. The highest BCUT2D eigenvalue weighted by molar-refractivity contribution is 5.10. The van der Waals surface area contributed by atoms with Crippen LogP contribution in [-0.2, 0) is 19.5 Å². The summed E-state index contributed by atoms with van der Waals surface area (Å²) in [4.78, 5) is 2.34. The van der Waals surface area contributed by atoms with E-state index in [1.807, 2.05) is 0 Å². The van der Waals surface area contributed by atoms with Gasteiger partial charge < -0.3 is 5.73 Å². The van der Waals surface area contributed by atoms with Crippen molar-refractivity contribution in [2.24, 2.45) is 5.73 Å². The lowest BCUT2D eigenvalue weighted by atomic mass is 10.2. The van der Waals surface area contributed by atoms with Crippen molar-refractivity contribution in [3.05, 3.63) is 17.5 Å². The van der Waals surface area contributed by atoms with Crippen molar-refractivity contribution < 1.29 is 0 Å². The molecule has 0 fully saturated rings. The molecule has 1 atom stereocenters. The Bertz CT molecular complexity index is 332. The predicted molar refractivity (Wildman–Crippen MR) is 71.9 cm³/mol. The highest BCUT2D eigenvalue weighted by Crippen LogP contribution is 2.11. The Morgan fingerprint density at radius 3 is 2.71 bits per heavy atom. The monoisotopic (exact) mass is 238 g/mol. The van der Waals surface area contributed by atoms with Gasteiger partial charge >= 0.3 is 0 Å². The van der Waals surface area contributed by atoms with Gasteiger partial charge in [-0.15, -0.1) is 0 Å². The summed E-state index contributed by atoms with van der Waals surface area (Å²) in [7, 11) is 2.15. The zero-order valence-electron chi connectivity index (χ0n) is 11.6. The molecule has 0 aliphatic heterocycles. The smallest absolute Gasteiger partial charge is 0.0625 e. The van der Waals surface area contributed by atoms with E-state index in [4.69, 9.17) is 5.73 Å². The first kappa shape index (κ1) is 14.2. The van der Waals surface area contributed by atoms with Gasteiger partial charge in [0.1, 0.15) is 0 Å². The van der Waals surface area contributed by atoms with Gasteiger partial charge in [-0.1, -0.05) is 6.92 Å². The highest BCUT2D eigenvalue weighted by atomic mass is 15.3. The van der Waals surface area contributed by atoms with E-state index < -0.39 is 0 Å². The molecule has 0 radical (unpaired) electrons. The van der Waals surface area contributed by atoms with Crippen molar-refractivity contribution in [1.82, 2.24) is 14.7 Å². The molecule has 4 nitrogen and oxygen atoms in total. The average Bonchev–Trinajstić information content (AvgIpc) is 2.71. The molecule has 2 N–H and O–H groups in total. The van der Waals surface area contributed by atoms with Crippen LogP contribution >= 0.6 is 0 Å². The van der Waals surface area contributed by atoms with Crippen molar-refractivity contribution in [2.75, 3.05) is 13.6 Å². The van der Waals surface area contributed by atoms with Crippen LogP contribution in [-0.4, -0.2) is 34.3 Å². The molecule has 0 aliphatic carbocycles. The van der Waals surface area contributed by atoms with Crippen LogP contribution in [0.5, 0.6) is 0 Å². The molecule has 0 saturated carbocycles. The quantitative estimate of drug-likeness (QED) is 0.785. The van der Waals surface area contributed by atoms with E-state index in [1.54, 1.807) is 0 Å². The molecule has 0 spiro atoms. The third-order valence-corrected chi connectivity index (χ3v) is 3.32. The van der Waals surface area contributed by atoms with E-state index in [1.165, 1.54) is 11.4 Å². The van der Waals surface area contributed by atoms with Crippen molar-refractivity contribution in [3.63, 3.8) is 0 Å². The maximum absolute atomic E-state index is 5.60. The molecule has 0 amide bonds. The Morgan fingerprint density at radius 1 is 1.47 bits per heavy atom. The van der Waals surface area contributed by atoms with Gasteiger partial charge in [-0.05, 0) is 46.3 Å². The number of rotatable bonds is 7. The third-order valence-electron chi connectivity index (χ3n) is 3.32. The van der Waals surface area contributed by atoms with Crippen molar-refractivity contribution in [3.8, 4) is 0 Å². The van der Waals surface area contributed by atoms with E-state index in [9.17, 15) is 0 Å². The van der Waals surface area contributed by atoms with E-state index in [2.05, 4.69) is 48.6 Å². The van der Waals surface area contributed by atoms with Crippen LogP contribution in [0.25, 0.3) is 0 Å². The number of nitrogens with zero attached hydrogens (tertiary/aromatic N) is 3. The number of hydrogen-bond donors (Lipinski definition) is 1. The fourth-order valence-corrected chi connectivity index (χ4v) is 1.96. The minimum atomic E-state index is 0.519. The summed E-state index contributed by atoms with van der Waals surface area (Å²) in [5, 5.41) is 4.57. The molecule has 0 aliphatic rings. The van der Waals surface area contributed by atoms with Gasteiger partial charge in [0.2, 0.25) is 0 Å². The molecule has 1 heterocycles. The van der Waals surface area contributed by atoms with Gasteiger partial charge in [0.25, 0.3) is 0 Å². The predicted octanol–water partition coefficient (Wildman–Crippen LogP) is 1.63. The zero-order chi connectivity index (χ0) is 12.8. The van der Waals surface area contributed by atoms with Gasteiger partial charge in [-0.2, -0.15) is 5.10 Å². The van der Waals surface area contributed by atoms with Crippen molar-refractivity contribution in [1.29, 1.82) is 0 Å². The third kappa shape index (κ3) is 3.82. The lowest BCUT2D eigenvalue weighted by Gasteiger charge is -2.24. The molecular formula is C13H26N4. The zero-order valence-corrected chi connectivity index (χ0v) is 11.6. The maximum atomic E-state index is 5.60. The summed E-state index contributed by atoms with van der Waals surface area (Å²) < 4.78 is 2.10. The average molecular weight is 238 g/mol. The Balaban J connectivity index is 2.69. The Morgan fingerprint density at radius 2 is 2.18 bits per heavy atom. The van der Waals surface area contributed by atoms with Crippen LogP contribution in [0.15, 0.2) is 6.07 Å². The summed E-state index contributed by atoms with van der Waals surface area (Å²) in [6.45, 7) is 9.14. The molecule has 0 saturated heterocycles. The maximum Gasteiger partial charge on any atom is 0.0625 e.